The Morgan fingerprint density at radius 1 is 1.33 bits per heavy atom. The van der Waals surface area contributed by atoms with Gasteiger partial charge >= 0.3 is 0 Å². The maximum atomic E-state index is 12.2. The highest BCUT2D eigenvalue weighted by atomic mass is 32.2. The molecule has 0 aromatic carbocycles. The Balaban J connectivity index is 2.97. The fourth-order valence-corrected chi connectivity index (χ4v) is 4.33. The molecule has 0 aliphatic rings. The summed E-state index contributed by atoms with van der Waals surface area (Å²) in [5, 5.41) is 17.7. The van der Waals surface area contributed by atoms with E-state index in [-0.39, 0.29) is 30.5 Å². The van der Waals surface area contributed by atoms with Gasteiger partial charge in [0.25, 0.3) is 10.0 Å². The van der Waals surface area contributed by atoms with Crippen LogP contribution in [-0.4, -0.2) is 49.2 Å². The lowest BCUT2D eigenvalue weighted by molar-refractivity contribution is 0.260. The van der Waals surface area contributed by atoms with Crippen molar-refractivity contribution in [1.29, 1.82) is 0 Å². The van der Waals surface area contributed by atoms with Crippen molar-refractivity contribution in [2.75, 3.05) is 26.3 Å². The SMILES string of the molecule is C=CCN(CCO)S(=O)(=O)c1ccc(CCO)s1. The van der Waals surface area contributed by atoms with Gasteiger partial charge < -0.3 is 10.2 Å². The van der Waals surface area contributed by atoms with Crippen molar-refractivity contribution < 1.29 is 18.6 Å². The molecule has 1 rings (SSSR count). The molecule has 0 aliphatic carbocycles. The molecule has 7 heteroatoms. The lowest BCUT2D eigenvalue weighted by Gasteiger charge is -2.18. The molecule has 0 amide bonds. The summed E-state index contributed by atoms with van der Waals surface area (Å²) in [5.41, 5.74) is 0. The first-order chi connectivity index (χ1) is 8.56. The van der Waals surface area contributed by atoms with Gasteiger partial charge in [-0.15, -0.1) is 17.9 Å². The first-order valence-electron chi connectivity index (χ1n) is 5.47. The molecule has 5 nitrogen and oxygen atoms in total. The van der Waals surface area contributed by atoms with Gasteiger partial charge in [-0.3, -0.25) is 0 Å². The molecule has 0 spiro atoms. The molecule has 0 unspecified atom stereocenters. The van der Waals surface area contributed by atoms with Crippen molar-refractivity contribution in [3.63, 3.8) is 0 Å². The Bertz CT molecular complexity index is 481. The molecule has 1 heterocycles. The molecule has 0 radical (unpaired) electrons. The topological polar surface area (TPSA) is 77.8 Å². The van der Waals surface area contributed by atoms with Crippen LogP contribution in [0.5, 0.6) is 0 Å². The summed E-state index contributed by atoms with van der Waals surface area (Å²) in [4.78, 5) is 0.818. The zero-order chi connectivity index (χ0) is 13.6. The van der Waals surface area contributed by atoms with E-state index < -0.39 is 10.0 Å². The lowest BCUT2D eigenvalue weighted by Crippen LogP contribution is -2.33. The van der Waals surface area contributed by atoms with Crippen LogP contribution in [0.15, 0.2) is 29.0 Å². The number of aliphatic hydroxyl groups excluding tert-OH is 2. The van der Waals surface area contributed by atoms with Gasteiger partial charge in [0, 0.05) is 31.0 Å². The third-order valence-electron chi connectivity index (χ3n) is 2.27. The average Bonchev–Trinajstić information content (AvgIpc) is 2.78. The molecule has 1 aromatic rings. The van der Waals surface area contributed by atoms with Gasteiger partial charge in [0.15, 0.2) is 0 Å². The fourth-order valence-electron chi connectivity index (χ4n) is 1.43. The van der Waals surface area contributed by atoms with Gasteiger partial charge in [0.2, 0.25) is 0 Å². The van der Waals surface area contributed by atoms with Crippen molar-refractivity contribution in [2.45, 2.75) is 10.6 Å². The van der Waals surface area contributed by atoms with Crippen LogP contribution < -0.4 is 0 Å². The number of hydrogen-bond acceptors (Lipinski definition) is 5. The number of aliphatic hydroxyl groups is 2. The third-order valence-corrected chi connectivity index (χ3v) is 5.75. The van der Waals surface area contributed by atoms with Gasteiger partial charge in [-0.25, -0.2) is 8.42 Å². The summed E-state index contributed by atoms with van der Waals surface area (Å²) in [7, 11) is -3.58. The first-order valence-corrected chi connectivity index (χ1v) is 7.73. The smallest absolute Gasteiger partial charge is 0.252 e. The largest absolute Gasteiger partial charge is 0.396 e. The monoisotopic (exact) mass is 291 g/mol. The van der Waals surface area contributed by atoms with E-state index in [1.807, 2.05) is 0 Å². The van der Waals surface area contributed by atoms with Gasteiger partial charge in [-0.2, -0.15) is 4.31 Å². The van der Waals surface area contributed by atoms with Crippen molar-refractivity contribution in [1.82, 2.24) is 4.31 Å². The molecule has 18 heavy (non-hydrogen) atoms. The van der Waals surface area contributed by atoms with Crippen LogP contribution in [0.4, 0.5) is 0 Å². The van der Waals surface area contributed by atoms with Gasteiger partial charge in [-0.05, 0) is 12.1 Å². The summed E-state index contributed by atoms with van der Waals surface area (Å²) >= 11 is 1.14. The van der Waals surface area contributed by atoms with Crippen LogP contribution in [0.2, 0.25) is 0 Å². The number of thiophene rings is 1. The Morgan fingerprint density at radius 3 is 2.61 bits per heavy atom. The van der Waals surface area contributed by atoms with E-state index in [2.05, 4.69) is 6.58 Å². The molecule has 2 N–H and O–H groups in total. The van der Waals surface area contributed by atoms with Crippen molar-refractivity contribution >= 4 is 21.4 Å². The van der Waals surface area contributed by atoms with Crippen molar-refractivity contribution in [2.24, 2.45) is 0 Å². The minimum Gasteiger partial charge on any atom is -0.396 e. The van der Waals surface area contributed by atoms with E-state index in [9.17, 15) is 8.42 Å². The maximum absolute atomic E-state index is 12.2. The number of hydrogen-bond donors (Lipinski definition) is 2. The zero-order valence-electron chi connectivity index (χ0n) is 9.95. The Kier molecular flexibility index (Phi) is 5.97. The maximum Gasteiger partial charge on any atom is 0.252 e. The second-order valence-electron chi connectivity index (χ2n) is 3.57. The van der Waals surface area contributed by atoms with Crippen LogP contribution >= 0.6 is 11.3 Å². The molecular formula is C11H17NO4S2. The Morgan fingerprint density at radius 2 is 2.06 bits per heavy atom. The van der Waals surface area contributed by atoms with Crippen molar-refractivity contribution in [3.05, 3.63) is 29.7 Å². The van der Waals surface area contributed by atoms with Gasteiger partial charge in [-0.1, -0.05) is 6.08 Å². The predicted octanol–water partition coefficient (Wildman–Crippen LogP) is 0.452. The normalized spacial score (nSPS) is 11.9. The third kappa shape index (κ3) is 3.63. The summed E-state index contributed by atoms with van der Waals surface area (Å²) in [6.07, 6.45) is 1.93. The molecule has 0 bridgehead atoms. The first kappa shape index (κ1) is 15.3. The summed E-state index contributed by atoms with van der Waals surface area (Å²) in [5.74, 6) is 0. The van der Waals surface area contributed by atoms with E-state index in [4.69, 9.17) is 10.2 Å². The van der Waals surface area contributed by atoms with E-state index in [0.717, 1.165) is 16.2 Å². The van der Waals surface area contributed by atoms with E-state index in [0.29, 0.717) is 6.42 Å². The second kappa shape index (κ2) is 7.01. The minimum atomic E-state index is -3.58. The van der Waals surface area contributed by atoms with E-state index >= 15 is 0 Å². The Labute approximate surface area is 111 Å². The average molecular weight is 291 g/mol. The van der Waals surface area contributed by atoms with Crippen LogP contribution in [-0.2, 0) is 16.4 Å². The van der Waals surface area contributed by atoms with Crippen molar-refractivity contribution in [3.8, 4) is 0 Å². The predicted molar refractivity (Wildman–Crippen MR) is 71.2 cm³/mol. The summed E-state index contributed by atoms with van der Waals surface area (Å²) in [6, 6.07) is 3.22. The molecule has 102 valence electrons. The number of sulfonamides is 1. The zero-order valence-corrected chi connectivity index (χ0v) is 11.6. The van der Waals surface area contributed by atoms with Crippen LogP contribution in [0, 0.1) is 0 Å². The highest BCUT2D eigenvalue weighted by Gasteiger charge is 2.24. The summed E-state index contributed by atoms with van der Waals surface area (Å²) < 4.78 is 25.9. The number of rotatable bonds is 8. The second-order valence-corrected chi connectivity index (χ2v) is 6.90. The molecular weight excluding hydrogens is 274 g/mol. The highest BCUT2D eigenvalue weighted by Crippen LogP contribution is 2.25. The fraction of sp³-hybridized carbons (Fsp3) is 0.455. The quantitative estimate of drug-likeness (QED) is 0.682. The molecule has 1 aromatic heterocycles. The Hall–Kier alpha value is -0.730. The van der Waals surface area contributed by atoms with Crippen LogP contribution in [0.25, 0.3) is 0 Å². The van der Waals surface area contributed by atoms with E-state index in [1.165, 1.54) is 16.4 Å². The lowest BCUT2D eigenvalue weighted by atomic mass is 10.4. The molecule has 0 fully saturated rings. The van der Waals surface area contributed by atoms with Gasteiger partial charge in [0.1, 0.15) is 4.21 Å². The van der Waals surface area contributed by atoms with Gasteiger partial charge in [0.05, 0.1) is 6.61 Å². The minimum absolute atomic E-state index is 0.00693. The molecule has 0 saturated carbocycles. The van der Waals surface area contributed by atoms with Crippen LogP contribution in [0.1, 0.15) is 4.88 Å². The highest BCUT2D eigenvalue weighted by molar-refractivity contribution is 7.91. The van der Waals surface area contributed by atoms with E-state index in [1.54, 1.807) is 6.07 Å². The van der Waals surface area contributed by atoms with Crippen LogP contribution in [0.3, 0.4) is 0 Å². The molecule has 0 atom stereocenters. The standard InChI is InChI=1S/C11H17NO4S2/c1-2-6-12(7-9-14)18(15,16)11-4-3-10(17-11)5-8-13/h2-4,13-14H,1,5-9H2. The number of nitrogens with zero attached hydrogens (tertiary/aromatic N) is 1. The molecule has 0 saturated heterocycles. The summed E-state index contributed by atoms with van der Waals surface area (Å²) in [6.45, 7) is 3.47. The molecule has 0 aliphatic heterocycles.